The monoisotopic (exact) mass is 515 g/mol. The number of hydrogen-bond donors (Lipinski definition) is 1. The Kier molecular flexibility index (Phi) is 5.86. The van der Waals surface area contributed by atoms with Crippen molar-refractivity contribution < 1.29 is 22.0 Å². The summed E-state index contributed by atoms with van der Waals surface area (Å²) in [7, 11) is -3.30. The molecule has 2 aromatic rings. The van der Waals surface area contributed by atoms with Gasteiger partial charge in [-0.2, -0.15) is 0 Å². The van der Waals surface area contributed by atoms with Crippen LogP contribution < -0.4 is 10.2 Å². The molecule has 0 bridgehead atoms. The van der Waals surface area contributed by atoms with Gasteiger partial charge < -0.3 is 10.2 Å². The first-order valence-corrected chi connectivity index (χ1v) is 12.5. The van der Waals surface area contributed by atoms with Crippen LogP contribution in [0.3, 0.4) is 0 Å². The number of amides is 1. The summed E-state index contributed by atoms with van der Waals surface area (Å²) in [6.45, 7) is 0. The summed E-state index contributed by atoms with van der Waals surface area (Å²) >= 11 is 4.41. The van der Waals surface area contributed by atoms with Crippen molar-refractivity contribution in [1.82, 2.24) is 0 Å². The molecule has 0 unspecified atom stereocenters. The number of benzene rings is 2. The summed E-state index contributed by atoms with van der Waals surface area (Å²) < 4.78 is 52.8. The van der Waals surface area contributed by atoms with Crippen LogP contribution in [0.5, 0.6) is 0 Å². The number of carbonyl (C=O) groups excluding carboxylic acids is 1. The fourth-order valence-electron chi connectivity index (χ4n) is 3.45. The Bertz CT molecular complexity index is 1130. The van der Waals surface area contributed by atoms with Gasteiger partial charge in [0.05, 0.1) is 35.0 Å². The molecule has 1 fully saturated rings. The van der Waals surface area contributed by atoms with Crippen LogP contribution in [-0.2, 0) is 14.6 Å². The van der Waals surface area contributed by atoms with Gasteiger partial charge >= 0.3 is 0 Å². The molecular weight excluding hydrogens is 500 g/mol. The van der Waals surface area contributed by atoms with Crippen LogP contribution in [0, 0.1) is 11.6 Å². The quantitative estimate of drug-likeness (QED) is 0.674. The van der Waals surface area contributed by atoms with E-state index in [2.05, 4.69) is 26.2 Å². The molecule has 6 nitrogen and oxygen atoms in total. The number of sulfone groups is 1. The van der Waals surface area contributed by atoms with E-state index in [1.165, 1.54) is 11.0 Å². The molecule has 1 amide bonds. The smallest absolute Gasteiger partial charge is 0.234 e. The Morgan fingerprint density at radius 1 is 1.20 bits per heavy atom. The van der Waals surface area contributed by atoms with Crippen LogP contribution >= 0.6 is 27.7 Å². The number of hydrogen-bond acceptors (Lipinski definition) is 6. The van der Waals surface area contributed by atoms with Crippen LogP contribution in [0.25, 0.3) is 0 Å². The molecule has 0 aromatic heterocycles. The van der Waals surface area contributed by atoms with Gasteiger partial charge in [-0.15, -0.1) is 0 Å². The third-order valence-electron chi connectivity index (χ3n) is 4.74. The highest BCUT2D eigenvalue weighted by atomic mass is 79.9. The number of thioether (sulfide) groups is 1. The number of anilines is 2. The van der Waals surface area contributed by atoms with Crippen molar-refractivity contribution in [3.63, 3.8) is 0 Å². The van der Waals surface area contributed by atoms with Crippen LogP contribution in [0.1, 0.15) is 0 Å². The van der Waals surface area contributed by atoms with Gasteiger partial charge in [0.2, 0.25) is 5.91 Å². The molecule has 1 N–H and O–H groups in total. The Morgan fingerprint density at radius 3 is 2.63 bits per heavy atom. The Labute approximate surface area is 184 Å². The largest absolute Gasteiger partial charge is 0.325 e. The van der Waals surface area contributed by atoms with Gasteiger partial charge in [0.25, 0.3) is 0 Å². The Morgan fingerprint density at radius 2 is 1.93 bits per heavy atom. The molecule has 0 saturated carbocycles. The molecule has 2 atom stereocenters. The van der Waals surface area contributed by atoms with E-state index in [1.807, 2.05) is 0 Å². The summed E-state index contributed by atoms with van der Waals surface area (Å²) in [6.07, 6.45) is 0. The number of halogens is 3. The fourth-order valence-corrected chi connectivity index (χ4v) is 6.48. The molecule has 30 heavy (non-hydrogen) atoms. The predicted octanol–water partition coefficient (Wildman–Crippen LogP) is 3.44. The highest BCUT2D eigenvalue weighted by molar-refractivity contribution is 9.10. The zero-order valence-corrected chi connectivity index (χ0v) is 18.6. The van der Waals surface area contributed by atoms with Crippen LogP contribution in [0.15, 0.2) is 51.9 Å². The topological polar surface area (TPSA) is 78.8 Å². The van der Waals surface area contributed by atoms with E-state index in [9.17, 15) is 22.0 Å². The van der Waals surface area contributed by atoms with E-state index in [-0.39, 0.29) is 28.9 Å². The van der Waals surface area contributed by atoms with Gasteiger partial charge in [-0.3, -0.25) is 9.79 Å². The molecule has 158 valence electrons. The maximum atomic E-state index is 14.5. The second-order valence-electron chi connectivity index (χ2n) is 6.93. The molecule has 2 heterocycles. The zero-order chi connectivity index (χ0) is 21.5. The summed E-state index contributed by atoms with van der Waals surface area (Å²) in [4.78, 5) is 18.2. The minimum Gasteiger partial charge on any atom is -0.325 e. The molecule has 0 radical (unpaired) electrons. The van der Waals surface area contributed by atoms with Gasteiger partial charge in [-0.1, -0.05) is 27.7 Å². The fraction of sp³-hybridized carbons (Fsp3) is 0.263. The highest BCUT2D eigenvalue weighted by Gasteiger charge is 2.47. The number of rotatable bonds is 4. The second-order valence-corrected chi connectivity index (χ2v) is 10.9. The first-order chi connectivity index (χ1) is 14.2. The molecular formula is C19H16BrF2N3O3S2. The van der Waals surface area contributed by atoms with Crippen LogP contribution in [0.4, 0.5) is 20.2 Å². The van der Waals surface area contributed by atoms with Crippen molar-refractivity contribution in [1.29, 1.82) is 0 Å². The van der Waals surface area contributed by atoms with Crippen LogP contribution in [0.2, 0.25) is 0 Å². The second kappa shape index (κ2) is 8.27. The lowest BCUT2D eigenvalue weighted by Gasteiger charge is -2.26. The highest BCUT2D eigenvalue weighted by Crippen LogP contribution is 2.36. The maximum absolute atomic E-state index is 14.5. The summed E-state index contributed by atoms with van der Waals surface area (Å²) in [6, 6.07) is 9.07. The number of amidine groups is 1. The van der Waals surface area contributed by atoms with E-state index in [1.54, 1.807) is 24.3 Å². The van der Waals surface area contributed by atoms with Gasteiger partial charge in [-0.25, -0.2) is 17.2 Å². The van der Waals surface area contributed by atoms with E-state index in [0.717, 1.165) is 28.4 Å². The Hall–Kier alpha value is -1.98. The van der Waals surface area contributed by atoms with Crippen molar-refractivity contribution in [2.45, 2.75) is 12.1 Å². The van der Waals surface area contributed by atoms with Gasteiger partial charge in [0, 0.05) is 16.2 Å². The van der Waals surface area contributed by atoms with E-state index in [4.69, 9.17) is 0 Å². The molecule has 2 aliphatic rings. The minimum absolute atomic E-state index is 0.000398. The Balaban J connectivity index is 1.52. The molecule has 11 heteroatoms. The lowest BCUT2D eigenvalue weighted by molar-refractivity contribution is -0.113. The average Bonchev–Trinajstić information content (AvgIpc) is 3.13. The standard InChI is InChI=1S/C19H16BrF2N3O3S2/c20-11-1-4-13(5-2-11)23-18(26)8-29-19-24-15-9-30(27,28)10-17(15)25(19)16-6-3-12(21)7-14(16)22/h1-7,15,17H,8-10H2,(H,23,26)/t15-,17-/m0/s1. The van der Waals surface area contributed by atoms with Crippen molar-refractivity contribution in [2.24, 2.45) is 4.99 Å². The predicted molar refractivity (Wildman–Crippen MR) is 118 cm³/mol. The van der Waals surface area contributed by atoms with Gasteiger partial charge in [0.1, 0.15) is 11.6 Å². The molecule has 0 spiro atoms. The van der Waals surface area contributed by atoms with E-state index in [0.29, 0.717) is 10.9 Å². The summed E-state index contributed by atoms with van der Waals surface area (Å²) in [5, 5.41) is 3.10. The molecule has 2 aromatic carbocycles. The number of carbonyl (C=O) groups is 1. The molecule has 1 saturated heterocycles. The van der Waals surface area contributed by atoms with E-state index >= 15 is 0 Å². The maximum Gasteiger partial charge on any atom is 0.234 e. The van der Waals surface area contributed by atoms with Gasteiger partial charge in [0.15, 0.2) is 15.0 Å². The summed E-state index contributed by atoms with van der Waals surface area (Å²) in [5.74, 6) is -2.13. The van der Waals surface area contributed by atoms with Crippen molar-refractivity contribution >= 4 is 60.0 Å². The SMILES string of the molecule is O=C(CSC1=N[C@H]2CS(=O)(=O)C[C@@H]2N1c1ccc(F)cc1F)Nc1ccc(Br)cc1. The number of fused-ring (bicyclic) bond motifs is 1. The first-order valence-electron chi connectivity index (χ1n) is 8.92. The van der Waals surface area contributed by atoms with Crippen molar-refractivity contribution in [3.8, 4) is 0 Å². The lowest BCUT2D eigenvalue weighted by Crippen LogP contribution is -2.40. The third kappa shape index (κ3) is 4.52. The van der Waals surface area contributed by atoms with Crippen LogP contribution in [-0.4, -0.2) is 48.8 Å². The third-order valence-corrected chi connectivity index (χ3v) is 7.93. The van der Waals surface area contributed by atoms with E-state index < -0.39 is 33.6 Å². The van der Waals surface area contributed by atoms with Crippen molar-refractivity contribution in [2.75, 3.05) is 27.5 Å². The average molecular weight is 516 g/mol. The lowest BCUT2D eigenvalue weighted by atomic mass is 10.1. The van der Waals surface area contributed by atoms with Gasteiger partial charge in [-0.05, 0) is 36.4 Å². The summed E-state index contributed by atoms with van der Waals surface area (Å²) in [5.41, 5.74) is 0.669. The number of nitrogens with zero attached hydrogens (tertiary/aromatic N) is 2. The number of aliphatic imine (C=N–C) groups is 1. The van der Waals surface area contributed by atoms with Crippen molar-refractivity contribution in [3.05, 3.63) is 58.6 Å². The first kappa shape index (κ1) is 21.3. The molecule has 4 rings (SSSR count). The molecule has 0 aliphatic carbocycles. The molecule has 2 aliphatic heterocycles. The zero-order valence-electron chi connectivity index (χ0n) is 15.4. The number of nitrogens with one attached hydrogen (secondary N) is 1. The normalized spacial score (nSPS) is 22.0. The minimum atomic E-state index is -3.30.